The minimum Gasteiger partial charge on any atom is -0.295 e. The summed E-state index contributed by atoms with van der Waals surface area (Å²) in [6.45, 7) is 0. The van der Waals surface area contributed by atoms with E-state index in [4.69, 9.17) is 9.97 Å². The number of hydrogen-bond donors (Lipinski definition) is 0. The second kappa shape index (κ2) is 11.8. The van der Waals surface area contributed by atoms with E-state index in [1.165, 1.54) is 64.7 Å². The first-order valence-electron chi connectivity index (χ1n) is 18.6. The van der Waals surface area contributed by atoms with Crippen molar-refractivity contribution in [3.8, 4) is 45.1 Å². The fourth-order valence-corrected chi connectivity index (χ4v) is 9.66. The van der Waals surface area contributed by atoms with Gasteiger partial charge < -0.3 is 0 Å². The largest absolute Gasteiger partial charge is 0.295 e. The molecule has 0 radical (unpaired) electrons. The molecule has 5 heteroatoms. The second-order valence-corrected chi connectivity index (χ2v) is 15.3. The smallest absolute Gasteiger partial charge is 0.160 e. The van der Waals surface area contributed by atoms with Crippen molar-refractivity contribution < 1.29 is 0 Å². The van der Waals surface area contributed by atoms with Crippen molar-refractivity contribution in [1.29, 1.82) is 0 Å². The Kier molecular flexibility index (Phi) is 6.53. The lowest BCUT2D eigenvalue weighted by Crippen LogP contribution is -2.05. The Labute approximate surface area is 321 Å². The van der Waals surface area contributed by atoms with Crippen molar-refractivity contribution in [3.05, 3.63) is 182 Å². The van der Waals surface area contributed by atoms with Gasteiger partial charge in [0.2, 0.25) is 0 Å². The highest BCUT2D eigenvalue weighted by atomic mass is 32.2. The van der Waals surface area contributed by atoms with Crippen molar-refractivity contribution in [1.82, 2.24) is 19.1 Å². The minimum absolute atomic E-state index is 0.720. The number of para-hydroxylation sites is 4. The molecule has 4 heterocycles. The first-order chi connectivity index (χ1) is 27.3. The zero-order chi connectivity index (χ0) is 36.0. The van der Waals surface area contributed by atoms with Crippen molar-refractivity contribution in [2.75, 3.05) is 0 Å². The number of nitrogens with zero attached hydrogens (tertiary/aromatic N) is 4. The van der Waals surface area contributed by atoms with Crippen LogP contribution in [0.4, 0.5) is 0 Å². The van der Waals surface area contributed by atoms with Crippen LogP contribution in [-0.4, -0.2) is 19.1 Å². The van der Waals surface area contributed by atoms with E-state index >= 15 is 0 Å². The molecule has 0 saturated carbocycles. The number of benzene rings is 8. The molecule has 1 aliphatic rings. The molecule has 0 saturated heterocycles. The fraction of sp³-hybridized carbons (Fsp3) is 0. The van der Waals surface area contributed by atoms with Crippen LogP contribution in [0, 0.1) is 0 Å². The summed E-state index contributed by atoms with van der Waals surface area (Å²) in [6.07, 6.45) is 0. The van der Waals surface area contributed by atoms with E-state index in [9.17, 15) is 0 Å². The van der Waals surface area contributed by atoms with Gasteiger partial charge in [0.1, 0.15) is 5.65 Å². The molecule has 0 atom stereocenters. The SMILES string of the molecule is c1ccc(-n2c3ccc(-c4ccc(-c5nc(-c6ccc7ccccc7c6)c6ccccc6n5)cc4)cc3c3c4cccc5c4n(c32)-c2ccccc2S5)cc1. The van der Waals surface area contributed by atoms with Gasteiger partial charge in [0.15, 0.2) is 5.82 Å². The van der Waals surface area contributed by atoms with Gasteiger partial charge in [-0.25, -0.2) is 9.97 Å². The number of hydrogen-bond acceptors (Lipinski definition) is 3. The van der Waals surface area contributed by atoms with Crippen molar-refractivity contribution in [3.63, 3.8) is 0 Å². The third-order valence-corrected chi connectivity index (χ3v) is 12.2. The summed E-state index contributed by atoms with van der Waals surface area (Å²) in [4.78, 5) is 12.8. The molecule has 8 aromatic carbocycles. The van der Waals surface area contributed by atoms with E-state index in [0.29, 0.717) is 0 Å². The zero-order valence-electron chi connectivity index (χ0n) is 29.5. The lowest BCUT2D eigenvalue weighted by atomic mass is 10.00. The third kappa shape index (κ3) is 4.60. The molecular formula is C50H30N4S. The lowest BCUT2D eigenvalue weighted by Gasteiger charge is -2.21. The van der Waals surface area contributed by atoms with Crippen molar-refractivity contribution >= 4 is 66.3 Å². The van der Waals surface area contributed by atoms with Gasteiger partial charge in [-0.1, -0.05) is 139 Å². The number of aromatic nitrogens is 4. The van der Waals surface area contributed by atoms with Crippen LogP contribution in [0.15, 0.2) is 192 Å². The number of rotatable bonds is 4. The normalized spacial score (nSPS) is 12.3. The van der Waals surface area contributed by atoms with Gasteiger partial charge in [0.05, 0.1) is 27.9 Å². The summed E-state index contributed by atoms with van der Waals surface area (Å²) in [5.74, 6) is 0.720. The van der Waals surface area contributed by atoms with Gasteiger partial charge in [-0.05, 0) is 76.5 Å². The molecule has 256 valence electrons. The highest BCUT2D eigenvalue weighted by Crippen LogP contribution is 2.49. The molecule has 0 bridgehead atoms. The van der Waals surface area contributed by atoms with E-state index < -0.39 is 0 Å². The maximum atomic E-state index is 5.21. The van der Waals surface area contributed by atoms with E-state index in [2.05, 4.69) is 185 Å². The van der Waals surface area contributed by atoms with Crippen LogP contribution in [0.1, 0.15) is 0 Å². The fourth-order valence-electron chi connectivity index (χ4n) is 8.57. The summed E-state index contributed by atoms with van der Waals surface area (Å²) in [6, 6.07) is 65.3. The molecule has 0 N–H and O–H groups in total. The van der Waals surface area contributed by atoms with E-state index in [1.54, 1.807) is 0 Å². The van der Waals surface area contributed by atoms with Gasteiger partial charge in [0, 0.05) is 48.2 Å². The Hall–Kier alpha value is -6.95. The molecular weight excluding hydrogens is 689 g/mol. The van der Waals surface area contributed by atoms with Crippen LogP contribution >= 0.6 is 11.8 Å². The monoisotopic (exact) mass is 718 g/mol. The van der Waals surface area contributed by atoms with Crippen LogP contribution in [0.25, 0.3) is 99.7 Å². The Morgan fingerprint density at radius 3 is 2.05 bits per heavy atom. The predicted octanol–water partition coefficient (Wildman–Crippen LogP) is 13.3. The Balaban J connectivity index is 1.02. The predicted molar refractivity (Wildman–Crippen MR) is 229 cm³/mol. The molecule has 0 fully saturated rings. The van der Waals surface area contributed by atoms with E-state index in [1.807, 2.05) is 17.8 Å². The summed E-state index contributed by atoms with van der Waals surface area (Å²) in [5.41, 5.74) is 12.3. The second-order valence-electron chi connectivity index (χ2n) is 14.2. The summed E-state index contributed by atoms with van der Waals surface area (Å²) >= 11 is 1.86. The lowest BCUT2D eigenvalue weighted by molar-refractivity contribution is 1.03. The van der Waals surface area contributed by atoms with Gasteiger partial charge in [-0.3, -0.25) is 9.13 Å². The van der Waals surface area contributed by atoms with E-state index in [0.717, 1.165) is 44.8 Å². The van der Waals surface area contributed by atoms with Crippen LogP contribution in [-0.2, 0) is 0 Å². The van der Waals surface area contributed by atoms with Crippen molar-refractivity contribution in [2.45, 2.75) is 9.79 Å². The molecule has 0 spiro atoms. The van der Waals surface area contributed by atoms with Crippen LogP contribution in [0.3, 0.4) is 0 Å². The molecule has 0 unspecified atom stereocenters. The highest BCUT2D eigenvalue weighted by molar-refractivity contribution is 7.99. The zero-order valence-corrected chi connectivity index (χ0v) is 30.3. The first-order valence-corrected chi connectivity index (χ1v) is 19.4. The number of fused-ring (bicyclic) bond motifs is 9. The van der Waals surface area contributed by atoms with Crippen LogP contribution < -0.4 is 0 Å². The van der Waals surface area contributed by atoms with Gasteiger partial charge in [0.25, 0.3) is 0 Å². The summed E-state index contributed by atoms with van der Waals surface area (Å²) in [7, 11) is 0. The van der Waals surface area contributed by atoms with E-state index in [-0.39, 0.29) is 0 Å². The molecule has 4 nitrogen and oxygen atoms in total. The molecule has 11 aromatic rings. The maximum Gasteiger partial charge on any atom is 0.160 e. The van der Waals surface area contributed by atoms with Crippen LogP contribution in [0.5, 0.6) is 0 Å². The molecule has 0 amide bonds. The minimum atomic E-state index is 0.720. The third-order valence-electron chi connectivity index (χ3n) is 11.1. The highest BCUT2D eigenvalue weighted by Gasteiger charge is 2.28. The van der Waals surface area contributed by atoms with Crippen molar-refractivity contribution in [2.24, 2.45) is 0 Å². The molecule has 3 aromatic heterocycles. The maximum absolute atomic E-state index is 5.21. The standard InChI is InChI=1S/C50H30N4S/c1-2-13-37(14-3-1)53-42-28-27-35(30-40(42)46-39-16-10-20-45-48(39)54(50(46)53)43-18-8-9-19-44(43)55-45)32-21-24-33(25-22-32)49-51-41-17-7-6-15-38(41)47(52-49)36-26-23-31-11-4-5-12-34(31)29-36/h1-30H. The Morgan fingerprint density at radius 1 is 0.436 bits per heavy atom. The average Bonchev–Trinajstić information content (AvgIpc) is 3.77. The van der Waals surface area contributed by atoms with Crippen LogP contribution in [0.2, 0.25) is 0 Å². The Bertz CT molecular complexity index is 3340. The molecule has 55 heavy (non-hydrogen) atoms. The summed E-state index contributed by atoms with van der Waals surface area (Å²) in [5, 5.41) is 7.25. The van der Waals surface area contributed by atoms with Gasteiger partial charge >= 0.3 is 0 Å². The Morgan fingerprint density at radius 2 is 1.15 bits per heavy atom. The first kappa shape index (κ1) is 30.5. The molecule has 0 aliphatic carbocycles. The molecule has 1 aliphatic heterocycles. The topological polar surface area (TPSA) is 35.6 Å². The quantitative estimate of drug-likeness (QED) is 0.182. The van der Waals surface area contributed by atoms with Gasteiger partial charge in [-0.15, -0.1) is 0 Å². The average molecular weight is 719 g/mol. The van der Waals surface area contributed by atoms with Gasteiger partial charge in [-0.2, -0.15) is 0 Å². The summed E-state index contributed by atoms with van der Waals surface area (Å²) < 4.78 is 4.93. The molecule has 12 rings (SSSR count).